The maximum Gasteiger partial charge on any atom is 0.339 e. The van der Waals surface area contributed by atoms with E-state index in [4.69, 9.17) is 14.2 Å². The zero-order valence-corrected chi connectivity index (χ0v) is 16.5. The zero-order valence-electron chi connectivity index (χ0n) is 15.6. The maximum atomic E-state index is 12.7. The van der Waals surface area contributed by atoms with Gasteiger partial charge in [0.05, 0.1) is 38.5 Å². The number of thiophene rings is 1. The molecule has 1 unspecified atom stereocenters. The topological polar surface area (TPSA) is 109 Å². The number of hydrogen-bond acceptors (Lipinski definition) is 8. The molecule has 0 bridgehead atoms. The van der Waals surface area contributed by atoms with Gasteiger partial charge in [-0.2, -0.15) is 10.5 Å². The van der Waals surface area contributed by atoms with Crippen molar-refractivity contribution in [3.63, 3.8) is 0 Å². The summed E-state index contributed by atoms with van der Waals surface area (Å²) in [6, 6.07) is 7.26. The first-order chi connectivity index (χ1) is 13.5. The van der Waals surface area contributed by atoms with Crippen molar-refractivity contribution in [2.75, 3.05) is 20.8 Å². The van der Waals surface area contributed by atoms with Gasteiger partial charge in [0.25, 0.3) is 0 Å². The second kappa shape index (κ2) is 10.8. The Balaban J connectivity index is 4.01. The lowest BCUT2D eigenvalue weighted by molar-refractivity contribution is -0.154. The highest BCUT2D eigenvalue weighted by Gasteiger charge is 2.44. The summed E-state index contributed by atoms with van der Waals surface area (Å²) in [5.41, 5.74) is -2.04. The number of esters is 2. The van der Waals surface area contributed by atoms with Crippen molar-refractivity contribution in [3.8, 4) is 12.1 Å². The van der Waals surface area contributed by atoms with E-state index in [0.717, 1.165) is 14.2 Å². The average Bonchev–Trinajstić information content (AvgIpc) is 3.25. The van der Waals surface area contributed by atoms with E-state index < -0.39 is 23.5 Å². The van der Waals surface area contributed by atoms with Crippen LogP contribution in [0.1, 0.15) is 11.3 Å². The van der Waals surface area contributed by atoms with E-state index in [1.807, 2.05) is 12.1 Å². The molecule has 8 heteroatoms. The van der Waals surface area contributed by atoms with Gasteiger partial charge in [-0.3, -0.25) is 0 Å². The number of allylic oxidation sites excluding steroid dienone is 2. The number of nitrogens with zero attached hydrogens (tertiary/aromatic N) is 2. The zero-order chi connectivity index (χ0) is 21.2. The number of methoxy groups -OCH3 is 2. The van der Waals surface area contributed by atoms with Crippen molar-refractivity contribution >= 4 is 28.8 Å². The highest BCUT2D eigenvalue weighted by Crippen LogP contribution is 2.43. The molecule has 1 rings (SSSR count). The number of ether oxygens (including phenoxy) is 3. The molecule has 0 aliphatic heterocycles. The van der Waals surface area contributed by atoms with Gasteiger partial charge in [0.2, 0.25) is 0 Å². The Morgan fingerprint density at radius 2 is 1.93 bits per heavy atom. The maximum absolute atomic E-state index is 12.7. The number of rotatable bonds is 10. The van der Waals surface area contributed by atoms with Crippen LogP contribution in [-0.2, 0) is 23.8 Å². The van der Waals surface area contributed by atoms with Crippen LogP contribution in [0.15, 0.2) is 48.4 Å². The molecule has 0 spiro atoms. The van der Waals surface area contributed by atoms with Crippen molar-refractivity contribution in [1.29, 1.82) is 10.5 Å². The van der Waals surface area contributed by atoms with Gasteiger partial charge in [-0.05, 0) is 11.4 Å². The van der Waals surface area contributed by atoms with Gasteiger partial charge in [-0.25, -0.2) is 9.59 Å². The molecule has 0 saturated heterocycles. The Morgan fingerprint density at radius 1 is 1.25 bits per heavy atom. The quantitative estimate of drug-likeness (QED) is 0.337. The molecule has 0 aromatic carbocycles. The van der Waals surface area contributed by atoms with Gasteiger partial charge in [-0.15, -0.1) is 24.5 Å². The number of carbonyl (C=O) groups is 2. The first-order valence-electron chi connectivity index (χ1n) is 8.06. The number of carbonyl (C=O) groups excluding carboxylic acids is 2. The normalized spacial score (nSPS) is 12.6. The fourth-order valence-corrected chi connectivity index (χ4v) is 3.39. The van der Waals surface area contributed by atoms with Gasteiger partial charge in [0, 0.05) is 16.9 Å². The third-order valence-corrected chi connectivity index (χ3v) is 4.65. The molecular weight excluding hydrogens is 380 g/mol. The van der Waals surface area contributed by atoms with Gasteiger partial charge < -0.3 is 14.2 Å². The second-order valence-corrected chi connectivity index (χ2v) is 6.35. The first-order valence-corrected chi connectivity index (χ1v) is 8.94. The van der Waals surface area contributed by atoms with Crippen LogP contribution in [0.2, 0.25) is 0 Å². The third-order valence-electron chi connectivity index (χ3n) is 3.76. The van der Waals surface area contributed by atoms with Gasteiger partial charge in [0.1, 0.15) is 0 Å². The van der Waals surface area contributed by atoms with Crippen molar-refractivity contribution in [2.45, 2.75) is 12.5 Å². The molecule has 1 heterocycles. The van der Waals surface area contributed by atoms with Crippen LogP contribution in [0.25, 0.3) is 5.57 Å². The van der Waals surface area contributed by atoms with E-state index in [1.54, 1.807) is 17.5 Å². The molecule has 0 N–H and O–H groups in total. The monoisotopic (exact) mass is 400 g/mol. The summed E-state index contributed by atoms with van der Waals surface area (Å²) >= 11 is 1.20. The lowest BCUT2D eigenvalue weighted by Gasteiger charge is -2.26. The van der Waals surface area contributed by atoms with Crippen LogP contribution < -0.4 is 0 Å². The fourth-order valence-electron chi connectivity index (χ4n) is 2.53. The molecule has 0 saturated carbocycles. The van der Waals surface area contributed by atoms with E-state index in [2.05, 4.69) is 13.2 Å². The van der Waals surface area contributed by atoms with Gasteiger partial charge >= 0.3 is 11.9 Å². The molecule has 7 nitrogen and oxygen atoms in total. The molecule has 1 atom stereocenters. The van der Waals surface area contributed by atoms with Crippen molar-refractivity contribution in [1.82, 2.24) is 0 Å². The second-order valence-electron chi connectivity index (χ2n) is 5.40. The van der Waals surface area contributed by atoms with Crippen LogP contribution in [0.3, 0.4) is 0 Å². The van der Waals surface area contributed by atoms with E-state index in [0.29, 0.717) is 4.88 Å². The van der Waals surface area contributed by atoms with Crippen LogP contribution in [0.4, 0.5) is 0 Å². The Kier molecular flexibility index (Phi) is 8.83. The van der Waals surface area contributed by atoms with E-state index in [1.165, 1.54) is 23.5 Å². The molecule has 0 fully saturated rings. The minimum Gasteiger partial charge on any atom is -0.467 e. The van der Waals surface area contributed by atoms with Crippen molar-refractivity contribution in [3.05, 3.63) is 53.3 Å². The van der Waals surface area contributed by atoms with E-state index in [-0.39, 0.29) is 24.2 Å². The predicted octanol–water partition coefficient (Wildman–Crippen LogP) is 3.03. The molecular formula is C20H20N2O5S. The summed E-state index contributed by atoms with van der Waals surface area (Å²) in [6.45, 7) is 7.05. The minimum atomic E-state index is -1.79. The van der Waals surface area contributed by atoms with E-state index in [9.17, 15) is 20.1 Å². The highest BCUT2D eigenvalue weighted by atomic mass is 32.1. The lowest BCUT2D eigenvalue weighted by atomic mass is 9.75. The Bertz CT molecular complexity index is 829. The molecule has 0 radical (unpaired) electrons. The smallest absolute Gasteiger partial charge is 0.339 e. The summed E-state index contributed by atoms with van der Waals surface area (Å²) in [6.07, 6.45) is 1.19. The minimum absolute atomic E-state index is 0.0266. The van der Waals surface area contributed by atoms with Gasteiger partial charge in [-0.1, -0.05) is 18.2 Å². The Hall–Kier alpha value is -3.20. The fraction of sp³-hybridized carbons (Fsp3) is 0.300. The number of nitriles is 2. The van der Waals surface area contributed by atoms with Crippen LogP contribution in [0.5, 0.6) is 0 Å². The van der Waals surface area contributed by atoms with Crippen LogP contribution in [-0.4, -0.2) is 38.9 Å². The standard InChI is InChI=1S/C20H20N2O5S/c1-5-9-20(12-21,13-22)16(14-8-7-11-28-14)15(18(23)25-3)17(19(24)26-4)27-10-6-2/h5-8,11,17H,1-2,9-10H2,3-4H3/b16-15+. The molecule has 0 aliphatic rings. The largest absolute Gasteiger partial charge is 0.467 e. The number of hydrogen-bond donors (Lipinski definition) is 0. The summed E-state index contributed by atoms with van der Waals surface area (Å²) < 4.78 is 15.1. The van der Waals surface area contributed by atoms with Crippen molar-refractivity contribution in [2.24, 2.45) is 5.41 Å². The SMILES string of the molecule is C=CCOC(C(=O)OC)/C(C(=O)OC)=C(/c1cccs1)C(C#N)(C#N)CC=C. The summed E-state index contributed by atoms with van der Waals surface area (Å²) in [4.78, 5) is 25.6. The van der Waals surface area contributed by atoms with E-state index >= 15 is 0 Å². The van der Waals surface area contributed by atoms with Gasteiger partial charge in [0.15, 0.2) is 11.5 Å². The summed E-state index contributed by atoms with van der Waals surface area (Å²) in [7, 11) is 2.27. The first kappa shape index (κ1) is 22.8. The molecule has 0 amide bonds. The summed E-state index contributed by atoms with van der Waals surface area (Å²) in [5.74, 6) is -1.79. The third kappa shape index (κ3) is 4.74. The molecule has 0 aliphatic carbocycles. The van der Waals surface area contributed by atoms with Crippen molar-refractivity contribution < 1.29 is 23.8 Å². The van der Waals surface area contributed by atoms with Crippen LogP contribution in [0, 0.1) is 28.1 Å². The molecule has 28 heavy (non-hydrogen) atoms. The average molecular weight is 400 g/mol. The molecule has 1 aromatic heterocycles. The Morgan fingerprint density at radius 3 is 2.36 bits per heavy atom. The molecule has 1 aromatic rings. The Labute approximate surface area is 167 Å². The molecule has 146 valence electrons. The van der Waals surface area contributed by atoms with Crippen LogP contribution >= 0.6 is 11.3 Å². The predicted molar refractivity (Wildman–Crippen MR) is 104 cm³/mol. The highest BCUT2D eigenvalue weighted by molar-refractivity contribution is 7.11. The lowest BCUT2D eigenvalue weighted by Crippen LogP contribution is -2.35. The summed E-state index contributed by atoms with van der Waals surface area (Å²) in [5, 5.41) is 21.4.